The number of guanidine groups is 1. The average Bonchev–Trinajstić information content (AvgIpc) is 2.72. The maximum atomic E-state index is 10.9. The highest BCUT2D eigenvalue weighted by atomic mass is 16.4. The Labute approximate surface area is 202 Å². The Kier molecular flexibility index (Phi) is 8.97. The zero-order valence-corrected chi connectivity index (χ0v) is 20.7. The van der Waals surface area contributed by atoms with Gasteiger partial charge in [0.15, 0.2) is 0 Å². The molecule has 7 nitrogen and oxygen atoms in total. The van der Waals surface area contributed by atoms with Crippen LogP contribution < -0.4 is 10.6 Å². The molecule has 0 fully saturated rings. The van der Waals surface area contributed by atoms with Gasteiger partial charge in [-0.3, -0.25) is 9.78 Å². The monoisotopic (exact) mass is 461 g/mol. The fourth-order valence-electron chi connectivity index (χ4n) is 4.51. The number of hydrogen-bond acceptors (Lipinski definition) is 4. The molecule has 180 valence electrons. The van der Waals surface area contributed by atoms with E-state index in [1.165, 1.54) is 0 Å². The van der Waals surface area contributed by atoms with Gasteiger partial charge in [-0.2, -0.15) is 5.26 Å². The maximum absolute atomic E-state index is 10.9. The first-order valence-electron chi connectivity index (χ1n) is 11.4. The van der Waals surface area contributed by atoms with E-state index >= 15 is 0 Å². The summed E-state index contributed by atoms with van der Waals surface area (Å²) in [4.78, 5) is 21.0. The normalized spacial score (nSPS) is 12.8. The molecule has 0 aliphatic carbocycles. The molecule has 3 N–H and O–H groups in total. The topological polar surface area (TPSA) is 116 Å². The van der Waals surface area contributed by atoms with E-state index in [0.717, 1.165) is 28.8 Å². The fourth-order valence-corrected chi connectivity index (χ4v) is 4.51. The first-order valence-corrected chi connectivity index (χ1v) is 11.4. The van der Waals surface area contributed by atoms with Crippen molar-refractivity contribution in [3.63, 3.8) is 0 Å². The summed E-state index contributed by atoms with van der Waals surface area (Å²) >= 11 is 0. The number of aromatic nitrogens is 1. The van der Waals surface area contributed by atoms with Crippen molar-refractivity contribution in [2.24, 2.45) is 16.1 Å². The number of nitrogens with two attached hydrogens (primary N) is 1. The van der Waals surface area contributed by atoms with Gasteiger partial charge in [0.05, 0.1) is 0 Å². The molecule has 0 saturated carbocycles. The van der Waals surface area contributed by atoms with Crippen LogP contribution in [0.15, 0.2) is 59.9 Å². The van der Waals surface area contributed by atoms with Crippen molar-refractivity contribution in [1.82, 2.24) is 4.98 Å². The van der Waals surface area contributed by atoms with Crippen LogP contribution in [0.25, 0.3) is 5.57 Å². The number of nitrogens with zero attached hydrogens (tertiary/aromatic N) is 4. The van der Waals surface area contributed by atoms with Gasteiger partial charge in [0.25, 0.3) is 0 Å². The smallest absolute Gasteiger partial charge is 0.303 e. The summed E-state index contributed by atoms with van der Waals surface area (Å²) in [6, 6.07) is 11.8. The Hall–Kier alpha value is -3.66. The molecular formula is C27H35N5O2. The summed E-state index contributed by atoms with van der Waals surface area (Å²) in [7, 11) is 0. The molecule has 2 aromatic rings. The molecule has 0 atom stereocenters. The van der Waals surface area contributed by atoms with Crippen LogP contribution in [-0.2, 0) is 4.79 Å². The second-order valence-corrected chi connectivity index (χ2v) is 10.2. The van der Waals surface area contributed by atoms with Gasteiger partial charge >= 0.3 is 5.97 Å². The van der Waals surface area contributed by atoms with E-state index in [4.69, 9.17) is 10.8 Å². The molecule has 0 saturated heterocycles. The standard InChI is InChI=1S/C27H35N5O2/c1-26(2,3)18-27(4,5)32(25(29)31-19-28)22-12-8-10-20(16-22)23(13-6-7-14-24(33)34)21-11-9-15-30-17-21/h8-13,15-17H,6-7,14,18H2,1-5H3,(H2,29,31)(H,33,34)/b23-13+. The van der Waals surface area contributed by atoms with Crippen LogP contribution in [0.2, 0.25) is 0 Å². The van der Waals surface area contributed by atoms with Gasteiger partial charge in [-0.1, -0.05) is 45.0 Å². The largest absolute Gasteiger partial charge is 0.481 e. The summed E-state index contributed by atoms with van der Waals surface area (Å²) in [5, 5.41) is 18.2. The number of benzene rings is 1. The van der Waals surface area contributed by atoms with Gasteiger partial charge in [0, 0.05) is 35.6 Å². The lowest BCUT2D eigenvalue weighted by Crippen LogP contribution is -2.53. The molecule has 0 amide bonds. The lowest BCUT2D eigenvalue weighted by atomic mass is 9.80. The van der Waals surface area contributed by atoms with Crippen molar-refractivity contribution in [1.29, 1.82) is 5.26 Å². The van der Waals surface area contributed by atoms with Crippen molar-refractivity contribution in [3.05, 3.63) is 66.0 Å². The molecule has 1 aromatic heterocycles. The van der Waals surface area contributed by atoms with E-state index in [-0.39, 0.29) is 17.8 Å². The van der Waals surface area contributed by atoms with Gasteiger partial charge in [-0.05, 0) is 67.9 Å². The van der Waals surface area contributed by atoms with Crippen LogP contribution in [0.5, 0.6) is 0 Å². The Bertz CT molecular complexity index is 1080. The lowest BCUT2D eigenvalue weighted by molar-refractivity contribution is -0.137. The Morgan fingerprint density at radius 2 is 1.91 bits per heavy atom. The highest BCUT2D eigenvalue weighted by molar-refractivity contribution is 5.97. The number of unbranched alkanes of at least 4 members (excludes halogenated alkanes) is 1. The Morgan fingerprint density at radius 1 is 1.21 bits per heavy atom. The minimum Gasteiger partial charge on any atom is -0.481 e. The minimum atomic E-state index is -0.803. The average molecular weight is 462 g/mol. The number of carboxylic acids is 1. The predicted molar refractivity (Wildman–Crippen MR) is 137 cm³/mol. The maximum Gasteiger partial charge on any atom is 0.303 e. The lowest BCUT2D eigenvalue weighted by Gasteiger charge is -2.43. The number of aliphatic imine (C=N–C) groups is 1. The number of pyridine rings is 1. The SMILES string of the molecule is CC(C)(C)CC(C)(C)N(C(N)=NC#N)c1cccc(/C(=C\CCCC(=O)O)c2cccnc2)c1. The number of rotatable bonds is 9. The van der Waals surface area contributed by atoms with E-state index in [2.05, 4.69) is 50.7 Å². The summed E-state index contributed by atoms with van der Waals surface area (Å²) in [6.07, 6.45) is 9.48. The van der Waals surface area contributed by atoms with E-state index in [9.17, 15) is 10.1 Å². The van der Waals surface area contributed by atoms with Crippen molar-refractivity contribution in [3.8, 4) is 6.19 Å². The summed E-state index contributed by atoms with van der Waals surface area (Å²) < 4.78 is 0. The van der Waals surface area contributed by atoms with Crippen LogP contribution in [-0.4, -0.2) is 27.6 Å². The molecule has 7 heteroatoms. The van der Waals surface area contributed by atoms with Gasteiger partial charge in [0.1, 0.15) is 0 Å². The summed E-state index contributed by atoms with van der Waals surface area (Å²) in [5.74, 6) is -0.662. The molecule has 0 spiro atoms. The van der Waals surface area contributed by atoms with E-state index in [0.29, 0.717) is 12.8 Å². The van der Waals surface area contributed by atoms with Gasteiger partial charge < -0.3 is 15.7 Å². The molecule has 2 rings (SSSR count). The fraction of sp³-hybridized carbons (Fsp3) is 0.407. The molecule has 0 aliphatic rings. The molecular weight excluding hydrogens is 426 g/mol. The van der Waals surface area contributed by atoms with Crippen LogP contribution in [0.4, 0.5) is 5.69 Å². The molecule has 0 radical (unpaired) electrons. The molecule has 1 heterocycles. The molecule has 0 unspecified atom stereocenters. The number of nitriles is 1. The van der Waals surface area contributed by atoms with E-state index in [1.54, 1.807) is 12.4 Å². The quantitative estimate of drug-likeness (QED) is 0.218. The highest BCUT2D eigenvalue weighted by Crippen LogP contribution is 2.36. The number of allylic oxidation sites excluding steroid dienone is 1. The van der Waals surface area contributed by atoms with Gasteiger partial charge in [-0.15, -0.1) is 4.99 Å². The number of carboxylic acid groups (broad SMARTS) is 1. The predicted octanol–water partition coefficient (Wildman–Crippen LogP) is 5.59. The van der Waals surface area contributed by atoms with Crippen LogP contribution in [0, 0.1) is 16.9 Å². The van der Waals surface area contributed by atoms with Crippen molar-refractivity contribution >= 4 is 23.2 Å². The van der Waals surface area contributed by atoms with Crippen LogP contribution in [0.3, 0.4) is 0 Å². The minimum absolute atomic E-state index is 0.0250. The van der Waals surface area contributed by atoms with Gasteiger partial charge in [0.2, 0.25) is 12.2 Å². The zero-order chi connectivity index (χ0) is 25.4. The second kappa shape index (κ2) is 11.5. The van der Waals surface area contributed by atoms with Gasteiger partial charge in [-0.25, -0.2) is 0 Å². The molecule has 0 bridgehead atoms. The van der Waals surface area contributed by atoms with E-state index in [1.807, 2.05) is 47.5 Å². The number of hydrogen-bond donors (Lipinski definition) is 2. The number of aliphatic carboxylic acids is 1. The van der Waals surface area contributed by atoms with Crippen molar-refractivity contribution in [2.75, 3.05) is 4.90 Å². The first-order chi connectivity index (χ1) is 15.9. The molecule has 34 heavy (non-hydrogen) atoms. The molecule has 1 aromatic carbocycles. The Balaban J connectivity index is 2.57. The van der Waals surface area contributed by atoms with Crippen LogP contribution in [0.1, 0.15) is 71.4 Å². The second-order valence-electron chi connectivity index (χ2n) is 10.2. The van der Waals surface area contributed by atoms with Crippen molar-refractivity contribution < 1.29 is 9.90 Å². The third kappa shape index (κ3) is 7.73. The van der Waals surface area contributed by atoms with Crippen LogP contribution >= 0.6 is 0 Å². The Morgan fingerprint density at radius 3 is 2.50 bits per heavy atom. The number of carbonyl (C=O) groups is 1. The zero-order valence-electron chi connectivity index (χ0n) is 20.7. The van der Waals surface area contributed by atoms with Crippen molar-refractivity contribution in [2.45, 2.75) is 65.8 Å². The number of anilines is 1. The van der Waals surface area contributed by atoms with E-state index < -0.39 is 11.5 Å². The summed E-state index contributed by atoms with van der Waals surface area (Å²) in [6.45, 7) is 10.7. The third-order valence-electron chi connectivity index (χ3n) is 5.29. The highest BCUT2D eigenvalue weighted by Gasteiger charge is 2.34. The third-order valence-corrected chi connectivity index (χ3v) is 5.29. The summed E-state index contributed by atoms with van der Waals surface area (Å²) in [5.41, 5.74) is 9.58. The first kappa shape index (κ1) is 26.6. The molecule has 0 aliphatic heterocycles.